The topological polar surface area (TPSA) is 54.4 Å². The van der Waals surface area contributed by atoms with Gasteiger partial charge in [-0.2, -0.15) is 0 Å². The summed E-state index contributed by atoms with van der Waals surface area (Å²) in [5, 5.41) is 12.5. The van der Waals surface area contributed by atoms with Crippen molar-refractivity contribution in [2.24, 2.45) is 0 Å². The second kappa shape index (κ2) is 6.33. The average molecular weight is 224 g/mol. The third-order valence-electron chi connectivity index (χ3n) is 2.11. The Morgan fingerprint density at radius 2 is 2.25 bits per heavy atom. The normalized spacial score (nSPS) is 12.6. The summed E-state index contributed by atoms with van der Waals surface area (Å²) < 4.78 is 5.60. The van der Waals surface area contributed by atoms with Crippen LogP contribution in [0.1, 0.15) is 27.2 Å². The number of pyridine rings is 1. The van der Waals surface area contributed by atoms with Crippen LogP contribution in [0.25, 0.3) is 0 Å². The van der Waals surface area contributed by atoms with E-state index < -0.39 is 0 Å². The summed E-state index contributed by atoms with van der Waals surface area (Å²) in [5.74, 6) is 1.41. The fourth-order valence-electron chi connectivity index (χ4n) is 1.23. The summed E-state index contributed by atoms with van der Waals surface area (Å²) >= 11 is 0. The minimum Gasteiger partial charge on any atom is -0.487 e. The highest BCUT2D eigenvalue weighted by Gasteiger charge is 2.07. The van der Waals surface area contributed by atoms with Gasteiger partial charge in [0, 0.05) is 12.7 Å². The zero-order valence-electron chi connectivity index (χ0n) is 10.1. The molecule has 1 aromatic heterocycles. The van der Waals surface area contributed by atoms with Crippen LogP contribution in [0.4, 0.5) is 5.82 Å². The lowest BCUT2D eigenvalue weighted by Gasteiger charge is -2.15. The Morgan fingerprint density at radius 1 is 1.50 bits per heavy atom. The van der Waals surface area contributed by atoms with E-state index in [0.29, 0.717) is 12.4 Å². The number of rotatable bonds is 6. The number of ether oxygens (including phenoxy) is 1. The van der Waals surface area contributed by atoms with E-state index in [1.807, 2.05) is 32.9 Å². The van der Waals surface area contributed by atoms with Crippen molar-refractivity contribution in [1.82, 2.24) is 4.98 Å². The number of aliphatic hydroxyl groups excluding tert-OH is 1. The smallest absolute Gasteiger partial charge is 0.168 e. The SMILES string of the molecule is CCC(O)CNc1ncccc1OC(C)C. The number of hydrogen-bond donors (Lipinski definition) is 2. The first-order valence-corrected chi connectivity index (χ1v) is 5.67. The van der Waals surface area contributed by atoms with E-state index in [2.05, 4.69) is 10.3 Å². The first-order chi connectivity index (χ1) is 7.63. The number of nitrogens with one attached hydrogen (secondary N) is 1. The van der Waals surface area contributed by atoms with Gasteiger partial charge >= 0.3 is 0 Å². The molecule has 0 spiro atoms. The number of anilines is 1. The van der Waals surface area contributed by atoms with E-state index in [1.165, 1.54) is 0 Å². The molecular weight excluding hydrogens is 204 g/mol. The molecule has 1 rings (SSSR count). The molecule has 0 aliphatic carbocycles. The molecule has 0 aliphatic heterocycles. The highest BCUT2D eigenvalue weighted by atomic mass is 16.5. The van der Waals surface area contributed by atoms with Gasteiger partial charge in [-0.15, -0.1) is 0 Å². The van der Waals surface area contributed by atoms with Crippen LogP contribution in [-0.4, -0.2) is 28.8 Å². The lowest BCUT2D eigenvalue weighted by atomic mass is 10.3. The second-order valence-corrected chi connectivity index (χ2v) is 3.96. The molecule has 0 aromatic carbocycles. The Kier molecular flexibility index (Phi) is 5.05. The van der Waals surface area contributed by atoms with E-state index >= 15 is 0 Å². The summed E-state index contributed by atoms with van der Waals surface area (Å²) in [4.78, 5) is 4.19. The average Bonchev–Trinajstić information content (AvgIpc) is 2.26. The summed E-state index contributed by atoms with van der Waals surface area (Å²) in [5.41, 5.74) is 0. The van der Waals surface area contributed by atoms with Gasteiger partial charge in [0.1, 0.15) is 0 Å². The predicted octanol–water partition coefficient (Wildman–Crippen LogP) is 2.05. The van der Waals surface area contributed by atoms with Crippen molar-refractivity contribution in [3.05, 3.63) is 18.3 Å². The van der Waals surface area contributed by atoms with E-state index in [4.69, 9.17) is 4.74 Å². The van der Waals surface area contributed by atoms with Crippen molar-refractivity contribution in [2.75, 3.05) is 11.9 Å². The molecule has 90 valence electrons. The second-order valence-electron chi connectivity index (χ2n) is 3.96. The molecule has 16 heavy (non-hydrogen) atoms. The van der Waals surface area contributed by atoms with E-state index in [9.17, 15) is 5.11 Å². The Bertz CT molecular complexity index is 316. The zero-order chi connectivity index (χ0) is 12.0. The Balaban J connectivity index is 2.63. The van der Waals surface area contributed by atoms with E-state index in [1.54, 1.807) is 6.20 Å². The van der Waals surface area contributed by atoms with Gasteiger partial charge in [-0.05, 0) is 32.4 Å². The molecule has 0 fully saturated rings. The molecule has 1 unspecified atom stereocenters. The maximum atomic E-state index is 9.46. The van der Waals surface area contributed by atoms with Crippen LogP contribution in [0.2, 0.25) is 0 Å². The lowest BCUT2D eigenvalue weighted by molar-refractivity contribution is 0.183. The van der Waals surface area contributed by atoms with Crippen LogP contribution in [0.3, 0.4) is 0 Å². The summed E-state index contributed by atoms with van der Waals surface area (Å²) in [6, 6.07) is 3.70. The predicted molar refractivity (Wildman–Crippen MR) is 64.8 cm³/mol. The molecule has 0 amide bonds. The molecule has 4 heteroatoms. The number of aromatic nitrogens is 1. The van der Waals surface area contributed by atoms with E-state index in [-0.39, 0.29) is 12.2 Å². The maximum absolute atomic E-state index is 9.46. The van der Waals surface area contributed by atoms with Crippen LogP contribution in [-0.2, 0) is 0 Å². The van der Waals surface area contributed by atoms with Gasteiger partial charge in [0.15, 0.2) is 11.6 Å². The first-order valence-electron chi connectivity index (χ1n) is 5.67. The molecule has 1 heterocycles. The van der Waals surface area contributed by atoms with Crippen LogP contribution in [0.15, 0.2) is 18.3 Å². The molecule has 0 saturated heterocycles. The van der Waals surface area contributed by atoms with Gasteiger partial charge in [0.25, 0.3) is 0 Å². The van der Waals surface area contributed by atoms with Gasteiger partial charge in [-0.3, -0.25) is 0 Å². The van der Waals surface area contributed by atoms with Crippen LogP contribution in [0.5, 0.6) is 5.75 Å². The summed E-state index contributed by atoms with van der Waals surface area (Å²) in [6.45, 7) is 6.37. The van der Waals surface area contributed by atoms with Gasteiger partial charge in [-0.25, -0.2) is 4.98 Å². The molecule has 2 N–H and O–H groups in total. The highest BCUT2D eigenvalue weighted by Crippen LogP contribution is 2.21. The molecular formula is C12H20N2O2. The summed E-state index contributed by atoms with van der Waals surface area (Å²) in [6.07, 6.45) is 2.18. The largest absolute Gasteiger partial charge is 0.487 e. The van der Waals surface area contributed by atoms with Crippen molar-refractivity contribution >= 4 is 5.82 Å². The van der Waals surface area contributed by atoms with Crippen molar-refractivity contribution < 1.29 is 9.84 Å². The van der Waals surface area contributed by atoms with Crippen molar-refractivity contribution in [3.8, 4) is 5.75 Å². The molecule has 1 aromatic rings. The standard InChI is InChI=1S/C12H20N2O2/c1-4-10(15)8-14-12-11(16-9(2)3)6-5-7-13-12/h5-7,9-10,15H,4,8H2,1-3H3,(H,13,14). The van der Waals surface area contributed by atoms with Crippen LogP contribution >= 0.6 is 0 Å². The van der Waals surface area contributed by atoms with Gasteiger partial charge in [-0.1, -0.05) is 6.92 Å². The fraction of sp³-hybridized carbons (Fsp3) is 0.583. The molecule has 0 saturated carbocycles. The quantitative estimate of drug-likeness (QED) is 0.776. The Labute approximate surface area is 96.7 Å². The number of nitrogens with zero attached hydrogens (tertiary/aromatic N) is 1. The Hall–Kier alpha value is -1.29. The van der Waals surface area contributed by atoms with Crippen molar-refractivity contribution in [1.29, 1.82) is 0 Å². The molecule has 4 nitrogen and oxygen atoms in total. The summed E-state index contributed by atoms with van der Waals surface area (Å²) in [7, 11) is 0. The third kappa shape index (κ3) is 4.06. The number of aliphatic hydroxyl groups is 1. The fourth-order valence-corrected chi connectivity index (χ4v) is 1.23. The van der Waals surface area contributed by atoms with Gasteiger partial charge < -0.3 is 15.2 Å². The lowest BCUT2D eigenvalue weighted by Crippen LogP contribution is -2.19. The third-order valence-corrected chi connectivity index (χ3v) is 2.11. The maximum Gasteiger partial charge on any atom is 0.168 e. The highest BCUT2D eigenvalue weighted by molar-refractivity contribution is 5.49. The van der Waals surface area contributed by atoms with E-state index in [0.717, 1.165) is 12.2 Å². The molecule has 0 radical (unpaired) electrons. The van der Waals surface area contributed by atoms with Crippen molar-refractivity contribution in [2.45, 2.75) is 39.4 Å². The minimum atomic E-state index is -0.353. The molecule has 0 aliphatic rings. The first kappa shape index (κ1) is 12.8. The zero-order valence-corrected chi connectivity index (χ0v) is 10.1. The molecule has 1 atom stereocenters. The van der Waals surface area contributed by atoms with Crippen LogP contribution < -0.4 is 10.1 Å². The monoisotopic (exact) mass is 224 g/mol. The van der Waals surface area contributed by atoms with Crippen molar-refractivity contribution in [3.63, 3.8) is 0 Å². The van der Waals surface area contributed by atoms with Crippen LogP contribution in [0, 0.1) is 0 Å². The number of hydrogen-bond acceptors (Lipinski definition) is 4. The van der Waals surface area contributed by atoms with Gasteiger partial charge in [0.2, 0.25) is 0 Å². The Morgan fingerprint density at radius 3 is 2.88 bits per heavy atom. The molecule has 0 bridgehead atoms. The minimum absolute atomic E-state index is 0.112. The van der Waals surface area contributed by atoms with Gasteiger partial charge in [0.05, 0.1) is 12.2 Å².